The first-order valence-corrected chi connectivity index (χ1v) is 8.28. The molecule has 1 aliphatic heterocycles. The van der Waals surface area contributed by atoms with Crippen molar-refractivity contribution in [2.24, 2.45) is 5.16 Å². The molecular weight excluding hydrogens is 278 g/mol. The van der Waals surface area contributed by atoms with E-state index >= 15 is 0 Å². The van der Waals surface area contributed by atoms with Gasteiger partial charge in [-0.3, -0.25) is 0 Å². The first-order chi connectivity index (χ1) is 10.7. The van der Waals surface area contributed by atoms with Crippen LogP contribution in [0.4, 0.5) is 0 Å². The molecule has 120 valence electrons. The summed E-state index contributed by atoms with van der Waals surface area (Å²) in [6.45, 7) is 7.37. The van der Waals surface area contributed by atoms with Gasteiger partial charge in [0.2, 0.25) is 6.29 Å². The Hall–Kier alpha value is -1.39. The maximum atomic E-state index is 6.20. The molecule has 4 nitrogen and oxygen atoms in total. The van der Waals surface area contributed by atoms with Crippen LogP contribution in [0.15, 0.2) is 23.4 Å². The van der Waals surface area contributed by atoms with E-state index < -0.39 is 0 Å². The molecule has 0 saturated carbocycles. The van der Waals surface area contributed by atoms with Crippen LogP contribution in [0.5, 0.6) is 0 Å². The Morgan fingerprint density at radius 3 is 3.00 bits per heavy atom. The summed E-state index contributed by atoms with van der Waals surface area (Å²) in [7, 11) is 0. The smallest absolute Gasteiger partial charge is 0.200 e. The second-order valence-corrected chi connectivity index (χ2v) is 6.04. The normalized spacial score (nSPS) is 28.0. The minimum atomic E-state index is -0.357. The number of ether oxygens (including phenoxy) is 2. The van der Waals surface area contributed by atoms with Gasteiger partial charge in [0.15, 0.2) is 0 Å². The Balaban J connectivity index is 1.76. The minimum absolute atomic E-state index is 0.214. The molecule has 1 saturated heterocycles. The Kier molecular flexibility index (Phi) is 4.79. The molecule has 1 fully saturated rings. The highest BCUT2D eigenvalue weighted by atomic mass is 16.7. The van der Waals surface area contributed by atoms with Crippen molar-refractivity contribution in [1.82, 2.24) is 0 Å². The summed E-state index contributed by atoms with van der Waals surface area (Å²) in [6.07, 6.45) is 2.76. The van der Waals surface area contributed by atoms with E-state index in [2.05, 4.69) is 37.2 Å². The zero-order valence-corrected chi connectivity index (χ0v) is 13.7. The van der Waals surface area contributed by atoms with E-state index in [-0.39, 0.29) is 12.4 Å². The molecule has 1 aromatic rings. The number of rotatable bonds is 4. The van der Waals surface area contributed by atoms with Crippen LogP contribution in [0, 0.1) is 6.92 Å². The van der Waals surface area contributed by atoms with E-state index in [1.807, 2.05) is 6.92 Å². The maximum Gasteiger partial charge on any atom is 0.200 e. The van der Waals surface area contributed by atoms with Crippen LogP contribution in [-0.4, -0.2) is 31.3 Å². The number of hydrogen-bond donors (Lipinski definition) is 0. The van der Waals surface area contributed by atoms with Crippen LogP contribution in [0.1, 0.15) is 49.3 Å². The Morgan fingerprint density at radius 2 is 2.23 bits per heavy atom. The molecule has 0 amide bonds. The van der Waals surface area contributed by atoms with E-state index in [0.717, 1.165) is 25.0 Å². The Morgan fingerprint density at radius 1 is 1.36 bits per heavy atom. The lowest BCUT2D eigenvalue weighted by atomic mass is 9.80. The van der Waals surface area contributed by atoms with Crippen molar-refractivity contribution in [3.8, 4) is 0 Å². The van der Waals surface area contributed by atoms with Gasteiger partial charge in [0.05, 0.1) is 12.7 Å². The van der Waals surface area contributed by atoms with Gasteiger partial charge in [0.25, 0.3) is 0 Å². The summed E-state index contributed by atoms with van der Waals surface area (Å²) in [5.74, 6) is 0.338. The molecule has 0 radical (unpaired) electrons. The van der Waals surface area contributed by atoms with E-state index in [0.29, 0.717) is 19.1 Å². The first kappa shape index (κ1) is 15.5. The fourth-order valence-electron chi connectivity index (χ4n) is 3.33. The van der Waals surface area contributed by atoms with Crippen molar-refractivity contribution in [1.29, 1.82) is 0 Å². The second kappa shape index (κ2) is 6.80. The lowest BCUT2D eigenvalue weighted by molar-refractivity contribution is -0.191. The number of oxime groups is 1. The van der Waals surface area contributed by atoms with E-state index in [9.17, 15) is 0 Å². The van der Waals surface area contributed by atoms with Gasteiger partial charge >= 0.3 is 0 Å². The van der Waals surface area contributed by atoms with Gasteiger partial charge in [0.1, 0.15) is 12.3 Å². The molecule has 0 N–H and O–H groups in total. The third-order valence-corrected chi connectivity index (χ3v) is 4.52. The van der Waals surface area contributed by atoms with Gasteiger partial charge in [-0.1, -0.05) is 35.8 Å². The van der Waals surface area contributed by atoms with Crippen molar-refractivity contribution >= 4 is 5.71 Å². The van der Waals surface area contributed by atoms with Gasteiger partial charge in [-0.2, -0.15) is 0 Å². The van der Waals surface area contributed by atoms with Crippen LogP contribution in [0.25, 0.3) is 0 Å². The number of nitrogens with zero attached hydrogens (tertiary/aromatic N) is 1. The van der Waals surface area contributed by atoms with Crippen LogP contribution in [0.3, 0.4) is 0 Å². The molecule has 3 rings (SSSR count). The maximum absolute atomic E-state index is 6.20. The second-order valence-electron chi connectivity index (χ2n) is 6.04. The molecule has 22 heavy (non-hydrogen) atoms. The van der Waals surface area contributed by atoms with E-state index in [1.54, 1.807) is 0 Å². The summed E-state index contributed by atoms with van der Waals surface area (Å²) in [5.41, 5.74) is 4.98. The molecule has 0 bridgehead atoms. The van der Waals surface area contributed by atoms with Crippen LogP contribution in [0.2, 0.25) is 0 Å². The quantitative estimate of drug-likeness (QED) is 0.630. The lowest BCUT2D eigenvalue weighted by Gasteiger charge is -2.40. The molecule has 3 unspecified atom stereocenters. The molecule has 1 aliphatic carbocycles. The largest absolute Gasteiger partial charge is 0.396 e. The number of aryl methyl sites for hydroxylation is 2. The van der Waals surface area contributed by atoms with Crippen LogP contribution >= 0.6 is 0 Å². The zero-order valence-electron chi connectivity index (χ0n) is 13.7. The summed E-state index contributed by atoms with van der Waals surface area (Å²) in [6, 6.07) is 6.73. The Bertz CT molecular complexity index is 555. The Labute approximate surface area is 132 Å². The van der Waals surface area contributed by atoms with Crippen molar-refractivity contribution in [2.75, 3.05) is 13.2 Å². The lowest BCUT2D eigenvalue weighted by Crippen LogP contribution is -2.44. The standard InChI is InChI=1S/C18H25NO3/c1-4-16(19-21-5-2)18-20-11-15-14-10-12(3)6-7-13(14)8-9-17(15)22-18/h6-7,10,15,17-18H,4-5,8-9,11H2,1-3H3. The van der Waals surface area contributed by atoms with Crippen LogP contribution < -0.4 is 0 Å². The molecule has 1 heterocycles. The average Bonchev–Trinajstić information content (AvgIpc) is 2.55. The highest BCUT2D eigenvalue weighted by Crippen LogP contribution is 2.38. The summed E-state index contributed by atoms with van der Waals surface area (Å²) < 4.78 is 12.2. The fraction of sp³-hybridized carbons (Fsp3) is 0.611. The minimum Gasteiger partial charge on any atom is -0.396 e. The van der Waals surface area contributed by atoms with Crippen molar-refractivity contribution in [3.05, 3.63) is 34.9 Å². The number of benzene rings is 1. The predicted octanol–water partition coefficient (Wildman–Crippen LogP) is 3.57. The van der Waals surface area contributed by atoms with Gasteiger partial charge in [-0.15, -0.1) is 0 Å². The van der Waals surface area contributed by atoms with Gasteiger partial charge in [-0.05, 0) is 44.2 Å². The molecular formula is C18H25NO3. The van der Waals surface area contributed by atoms with Crippen molar-refractivity contribution < 1.29 is 14.3 Å². The topological polar surface area (TPSA) is 40.0 Å². The van der Waals surface area contributed by atoms with Gasteiger partial charge in [0, 0.05) is 5.92 Å². The molecule has 1 aromatic carbocycles. The molecule has 3 atom stereocenters. The molecule has 4 heteroatoms. The van der Waals surface area contributed by atoms with Crippen molar-refractivity contribution in [3.63, 3.8) is 0 Å². The SMILES string of the molecule is CCON=C(CC)C1OCC2c3cc(C)ccc3CCC2O1. The third-order valence-electron chi connectivity index (χ3n) is 4.52. The van der Waals surface area contributed by atoms with Gasteiger partial charge < -0.3 is 14.3 Å². The molecule has 0 aromatic heterocycles. The monoisotopic (exact) mass is 303 g/mol. The predicted molar refractivity (Wildman–Crippen MR) is 86.2 cm³/mol. The summed E-state index contributed by atoms with van der Waals surface area (Å²) in [5, 5.41) is 4.15. The van der Waals surface area contributed by atoms with E-state index in [1.165, 1.54) is 16.7 Å². The average molecular weight is 303 g/mol. The van der Waals surface area contributed by atoms with Crippen molar-refractivity contribution in [2.45, 2.75) is 58.3 Å². The summed E-state index contributed by atoms with van der Waals surface area (Å²) in [4.78, 5) is 5.18. The molecule has 0 spiro atoms. The number of fused-ring (bicyclic) bond motifs is 3. The number of hydrogen-bond acceptors (Lipinski definition) is 4. The third kappa shape index (κ3) is 3.03. The van der Waals surface area contributed by atoms with Crippen LogP contribution in [-0.2, 0) is 20.7 Å². The highest BCUT2D eigenvalue weighted by Gasteiger charge is 2.38. The highest BCUT2D eigenvalue weighted by molar-refractivity contribution is 5.87. The molecule has 2 aliphatic rings. The summed E-state index contributed by atoms with van der Waals surface area (Å²) >= 11 is 0. The fourth-order valence-corrected chi connectivity index (χ4v) is 3.33. The first-order valence-electron chi connectivity index (χ1n) is 8.28. The van der Waals surface area contributed by atoms with Gasteiger partial charge in [-0.25, -0.2) is 0 Å². The zero-order chi connectivity index (χ0) is 15.5. The van der Waals surface area contributed by atoms with E-state index in [4.69, 9.17) is 14.3 Å².